The third-order valence-electron chi connectivity index (χ3n) is 8.76. The smallest absolute Gasteiger partial charge is 0.258 e. The number of hydrogen-bond donors (Lipinski definition) is 3. The first-order chi connectivity index (χ1) is 21.2. The number of carbonyl (C=O) groups excluding carboxylic acids is 2. The molecule has 10 nitrogen and oxygen atoms in total. The number of nitrogens with zero attached hydrogens (tertiary/aromatic N) is 3. The maximum absolute atomic E-state index is 14.0. The van der Waals surface area contributed by atoms with Gasteiger partial charge in [0.2, 0.25) is 5.91 Å². The molecule has 0 spiro atoms. The van der Waals surface area contributed by atoms with Gasteiger partial charge in [0.25, 0.3) is 5.91 Å². The molecule has 0 saturated carbocycles. The lowest BCUT2D eigenvalue weighted by molar-refractivity contribution is -0.118. The highest BCUT2D eigenvalue weighted by atomic mass is 32.2. The summed E-state index contributed by atoms with van der Waals surface area (Å²) in [6, 6.07) is 7.59. The summed E-state index contributed by atoms with van der Waals surface area (Å²) >= 11 is 0. The van der Waals surface area contributed by atoms with Crippen LogP contribution in [0.2, 0.25) is 0 Å². The lowest BCUT2D eigenvalue weighted by atomic mass is 9.76. The zero-order valence-electron chi connectivity index (χ0n) is 26.2. The van der Waals surface area contributed by atoms with Crippen molar-refractivity contribution in [1.29, 1.82) is 0 Å². The number of aromatic amines is 1. The fourth-order valence-electron chi connectivity index (χ4n) is 6.11. The van der Waals surface area contributed by atoms with Gasteiger partial charge in [-0.3, -0.25) is 14.7 Å². The lowest BCUT2D eigenvalue weighted by Crippen LogP contribution is -2.46. The third kappa shape index (κ3) is 6.74. The molecule has 0 bridgehead atoms. The largest absolute Gasteiger partial charge is 0.369 e. The van der Waals surface area contributed by atoms with Crippen LogP contribution in [-0.2, 0) is 26.5 Å². The molecule has 1 saturated heterocycles. The summed E-state index contributed by atoms with van der Waals surface area (Å²) in [6.45, 7) is 13.8. The topological polar surface area (TPSA) is 127 Å². The maximum Gasteiger partial charge on any atom is 0.258 e. The van der Waals surface area contributed by atoms with Gasteiger partial charge < -0.3 is 20.4 Å². The molecule has 1 atom stereocenters. The second-order valence-electron chi connectivity index (χ2n) is 12.7. The molecule has 1 aliphatic heterocycles. The van der Waals surface area contributed by atoms with Gasteiger partial charge >= 0.3 is 0 Å². The van der Waals surface area contributed by atoms with Crippen molar-refractivity contribution < 1.29 is 26.8 Å². The van der Waals surface area contributed by atoms with Gasteiger partial charge in [-0.1, -0.05) is 34.6 Å². The lowest BCUT2D eigenvalue weighted by Gasteiger charge is -2.35. The van der Waals surface area contributed by atoms with Gasteiger partial charge in [-0.25, -0.2) is 17.2 Å². The highest BCUT2D eigenvalue weighted by Gasteiger charge is 2.43. The van der Waals surface area contributed by atoms with Crippen molar-refractivity contribution in [3.63, 3.8) is 0 Å². The number of H-pyrrole nitrogens is 1. The van der Waals surface area contributed by atoms with Gasteiger partial charge in [-0.2, -0.15) is 5.10 Å². The molecule has 242 valence electrons. The normalized spacial score (nSPS) is 18.5. The summed E-state index contributed by atoms with van der Waals surface area (Å²) in [5.41, 5.74) is 1.95. The average molecular weight is 643 g/mol. The van der Waals surface area contributed by atoms with E-state index in [0.717, 1.165) is 50.5 Å². The standard InChI is InChI=1S/C32H40F2N6O4S/c1-6-39-9-11-40(12-10-39)22-7-8-25(27(16-22)35-30(41)19(2)3)31(42)36-29-26-17-24(18-32(4,5)28(26)37-38-29)45(43,44)23-14-20(33)13-21(34)15-23/h7-8,13-16,19,24H,6,9-12,17-18H2,1-5H3,(H,35,41)(H2,36,37,38,42). The van der Waals surface area contributed by atoms with Crippen LogP contribution in [0.5, 0.6) is 0 Å². The zero-order valence-corrected chi connectivity index (χ0v) is 27.0. The number of rotatable bonds is 8. The molecule has 3 N–H and O–H groups in total. The first-order valence-corrected chi connectivity index (χ1v) is 16.8. The molecule has 1 aliphatic carbocycles. The number of aromatic nitrogens is 2. The van der Waals surface area contributed by atoms with E-state index >= 15 is 0 Å². The van der Waals surface area contributed by atoms with E-state index < -0.39 is 42.9 Å². The molecule has 13 heteroatoms. The van der Waals surface area contributed by atoms with Crippen LogP contribution in [0.25, 0.3) is 0 Å². The second-order valence-corrected chi connectivity index (χ2v) is 15.0. The van der Waals surface area contributed by atoms with Crippen molar-refractivity contribution in [2.45, 2.75) is 63.0 Å². The van der Waals surface area contributed by atoms with Crippen LogP contribution in [0.4, 0.5) is 26.0 Å². The van der Waals surface area contributed by atoms with Gasteiger partial charge in [0.05, 0.1) is 21.4 Å². The highest BCUT2D eigenvalue weighted by molar-refractivity contribution is 7.92. The number of piperazine rings is 1. The van der Waals surface area contributed by atoms with Crippen LogP contribution < -0.4 is 15.5 Å². The summed E-state index contributed by atoms with van der Waals surface area (Å²) < 4.78 is 55.0. The summed E-state index contributed by atoms with van der Waals surface area (Å²) in [5.74, 6) is -2.87. The fourth-order valence-corrected chi connectivity index (χ4v) is 8.07. The summed E-state index contributed by atoms with van der Waals surface area (Å²) in [5, 5.41) is 12.0. The maximum atomic E-state index is 14.0. The first kappa shape index (κ1) is 32.6. The molecule has 2 heterocycles. The van der Waals surface area contributed by atoms with E-state index in [-0.39, 0.29) is 36.0 Å². The molecule has 2 amide bonds. The highest BCUT2D eigenvalue weighted by Crippen LogP contribution is 2.42. The van der Waals surface area contributed by atoms with Crippen molar-refractivity contribution in [1.82, 2.24) is 15.1 Å². The molecule has 1 aromatic heterocycles. The van der Waals surface area contributed by atoms with E-state index in [0.29, 0.717) is 23.0 Å². The van der Waals surface area contributed by atoms with E-state index in [1.54, 1.807) is 26.0 Å². The Bertz CT molecular complexity index is 1690. The van der Waals surface area contributed by atoms with Crippen LogP contribution in [0, 0.1) is 17.6 Å². The number of likely N-dealkylation sites (N-methyl/N-ethyl adjacent to an activating group) is 1. The predicted molar refractivity (Wildman–Crippen MR) is 169 cm³/mol. The average Bonchev–Trinajstić information content (AvgIpc) is 3.39. The van der Waals surface area contributed by atoms with Crippen LogP contribution in [0.1, 0.15) is 62.7 Å². The number of halogens is 2. The van der Waals surface area contributed by atoms with Gasteiger partial charge in [-0.05, 0) is 49.7 Å². The van der Waals surface area contributed by atoms with E-state index in [1.165, 1.54) is 0 Å². The van der Waals surface area contributed by atoms with Gasteiger partial charge in [0.15, 0.2) is 15.7 Å². The summed E-state index contributed by atoms with van der Waals surface area (Å²) in [4.78, 5) is 30.6. The Kier molecular flexibility index (Phi) is 9.05. The SMILES string of the molecule is CCN1CCN(c2ccc(C(=O)Nc3n[nH]c4c3CC(S(=O)(=O)c3cc(F)cc(F)c3)CC4(C)C)c(NC(=O)C(C)C)c2)CC1. The second kappa shape index (κ2) is 12.5. The first-order valence-electron chi connectivity index (χ1n) is 15.2. The summed E-state index contributed by atoms with van der Waals surface area (Å²) in [6.07, 6.45) is 0.153. The Morgan fingerprint density at radius 1 is 1.04 bits per heavy atom. The van der Waals surface area contributed by atoms with Gasteiger partial charge in [-0.15, -0.1) is 0 Å². The Morgan fingerprint density at radius 3 is 2.33 bits per heavy atom. The van der Waals surface area contributed by atoms with E-state index in [1.807, 2.05) is 19.9 Å². The summed E-state index contributed by atoms with van der Waals surface area (Å²) in [7, 11) is -4.13. The number of fused-ring (bicyclic) bond motifs is 1. The Labute approximate surface area is 262 Å². The molecular weight excluding hydrogens is 602 g/mol. The minimum atomic E-state index is -4.13. The quantitative estimate of drug-likeness (QED) is 0.324. The van der Waals surface area contributed by atoms with Gasteiger partial charge in [0.1, 0.15) is 11.6 Å². The fraction of sp³-hybridized carbons (Fsp3) is 0.469. The molecule has 3 aromatic rings. The van der Waals surface area contributed by atoms with Crippen LogP contribution >= 0.6 is 0 Å². The Balaban J connectivity index is 1.44. The van der Waals surface area contributed by atoms with Crippen molar-refractivity contribution in [3.8, 4) is 0 Å². The van der Waals surface area contributed by atoms with Crippen molar-refractivity contribution in [3.05, 3.63) is 64.9 Å². The Morgan fingerprint density at radius 2 is 1.71 bits per heavy atom. The van der Waals surface area contributed by atoms with Crippen LogP contribution in [0.15, 0.2) is 41.3 Å². The predicted octanol–water partition coefficient (Wildman–Crippen LogP) is 4.74. The molecule has 2 aliphatic rings. The van der Waals surface area contributed by atoms with Crippen molar-refractivity contribution in [2.24, 2.45) is 5.92 Å². The third-order valence-corrected chi connectivity index (χ3v) is 10.9. The molecule has 1 fully saturated rings. The van der Waals surface area contributed by atoms with Crippen LogP contribution in [-0.4, -0.2) is 73.3 Å². The molecule has 1 unspecified atom stereocenters. The number of nitrogens with one attached hydrogen (secondary N) is 3. The molecule has 5 rings (SSSR count). The Hall–Kier alpha value is -3.84. The minimum Gasteiger partial charge on any atom is -0.369 e. The van der Waals surface area contributed by atoms with Crippen LogP contribution in [0.3, 0.4) is 0 Å². The molecule has 0 radical (unpaired) electrons. The number of hydrogen-bond acceptors (Lipinski definition) is 7. The molecular formula is C32H40F2N6O4S. The molecule has 45 heavy (non-hydrogen) atoms. The van der Waals surface area contributed by atoms with E-state index in [9.17, 15) is 26.8 Å². The zero-order chi connectivity index (χ0) is 32.7. The minimum absolute atomic E-state index is 0.0229. The van der Waals surface area contributed by atoms with Gasteiger partial charge in [0, 0.05) is 60.5 Å². The van der Waals surface area contributed by atoms with Crippen molar-refractivity contribution >= 4 is 38.8 Å². The van der Waals surface area contributed by atoms with Crippen molar-refractivity contribution in [2.75, 3.05) is 48.3 Å². The van der Waals surface area contributed by atoms with E-state index in [4.69, 9.17) is 0 Å². The number of sulfone groups is 1. The number of carbonyl (C=O) groups is 2. The van der Waals surface area contributed by atoms with E-state index in [2.05, 4.69) is 37.6 Å². The molecule has 2 aromatic carbocycles. The number of anilines is 3. The number of amides is 2. The number of benzene rings is 2. The monoisotopic (exact) mass is 642 g/mol.